The lowest BCUT2D eigenvalue weighted by atomic mass is 10.2. The van der Waals surface area contributed by atoms with Crippen molar-refractivity contribution in [1.82, 2.24) is 9.71 Å². The molecule has 2 rings (SSSR count). The Bertz CT molecular complexity index is 569. The van der Waals surface area contributed by atoms with Crippen LogP contribution in [0.5, 0.6) is 0 Å². The minimum Gasteiger partial charge on any atom is -0.378 e. The van der Waals surface area contributed by atoms with Crippen LogP contribution in [0.4, 0.5) is 5.82 Å². The van der Waals surface area contributed by atoms with Crippen LogP contribution >= 0.6 is 0 Å². The average Bonchev–Trinajstić information content (AvgIpc) is 2.52. The van der Waals surface area contributed by atoms with E-state index in [1.807, 2.05) is 26.0 Å². The van der Waals surface area contributed by atoms with Crippen molar-refractivity contribution in [2.75, 3.05) is 37.0 Å². The maximum absolute atomic E-state index is 12.0. The van der Waals surface area contributed by atoms with Gasteiger partial charge in [0.05, 0.1) is 19.0 Å². The van der Waals surface area contributed by atoms with E-state index in [4.69, 9.17) is 4.74 Å². The number of sulfonamides is 1. The third-order valence-electron chi connectivity index (χ3n) is 3.62. The number of nitrogens with one attached hydrogen (secondary N) is 1. The number of hydrogen-bond donors (Lipinski definition) is 1. The van der Waals surface area contributed by atoms with Gasteiger partial charge >= 0.3 is 0 Å². The highest BCUT2D eigenvalue weighted by Gasteiger charge is 2.17. The molecule has 1 aromatic rings. The zero-order chi connectivity index (χ0) is 16.0. The fourth-order valence-corrected chi connectivity index (χ4v) is 3.58. The zero-order valence-corrected chi connectivity index (χ0v) is 14.1. The Morgan fingerprint density at radius 3 is 2.77 bits per heavy atom. The maximum Gasteiger partial charge on any atom is 0.211 e. The number of rotatable bonds is 7. The molecule has 0 amide bonds. The first kappa shape index (κ1) is 17.2. The molecule has 0 saturated carbocycles. The van der Waals surface area contributed by atoms with Gasteiger partial charge in [0.15, 0.2) is 0 Å². The molecule has 0 unspecified atom stereocenters. The van der Waals surface area contributed by atoms with E-state index in [9.17, 15) is 8.42 Å². The molecular weight excluding hydrogens is 302 g/mol. The van der Waals surface area contributed by atoms with Crippen LogP contribution in [0.25, 0.3) is 0 Å². The van der Waals surface area contributed by atoms with Crippen molar-refractivity contribution in [1.29, 1.82) is 0 Å². The van der Waals surface area contributed by atoms with Crippen LogP contribution in [-0.2, 0) is 21.3 Å². The first-order chi connectivity index (χ1) is 10.5. The van der Waals surface area contributed by atoms with E-state index >= 15 is 0 Å². The van der Waals surface area contributed by atoms with Crippen LogP contribution in [0.3, 0.4) is 0 Å². The molecule has 1 N–H and O–H groups in total. The summed E-state index contributed by atoms with van der Waals surface area (Å²) in [5.41, 5.74) is 0.900. The Morgan fingerprint density at radius 1 is 1.36 bits per heavy atom. The van der Waals surface area contributed by atoms with E-state index in [0.29, 0.717) is 25.6 Å². The second-order valence-electron chi connectivity index (χ2n) is 5.91. The highest BCUT2D eigenvalue weighted by Crippen LogP contribution is 2.18. The minimum atomic E-state index is -3.24. The molecule has 0 aromatic carbocycles. The molecule has 0 bridgehead atoms. The minimum absolute atomic E-state index is 0.165. The summed E-state index contributed by atoms with van der Waals surface area (Å²) in [7, 11) is -3.24. The van der Waals surface area contributed by atoms with Gasteiger partial charge in [-0.25, -0.2) is 18.1 Å². The lowest BCUT2D eigenvalue weighted by molar-refractivity contribution is 0.122. The van der Waals surface area contributed by atoms with Crippen molar-refractivity contribution >= 4 is 15.8 Å². The van der Waals surface area contributed by atoms with Crippen molar-refractivity contribution in [3.8, 4) is 0 Å². The third kappa shape index (κ3) is 5.23. The summed E-state index contributed by atoms with van der Waals surface area (Å²) in [5.74, 6) is 1.38. The van der Waals surface area contributed by atoms with Crippen molar-refractivity contribution in [2.45, 2.75) is 26.8 Å². The maximum atomic E-state index is 12.0. The van der Waals surface area contributed by atoms with Gasteiger partial charge in [0.2, 0.25) is 10.0 Å². The summed E-state index contributed by atoms with van der Waals surface area (Å²) in [4.78, 5) is 6.55. The van der Waals surface area contributed by atoms with Gasteiger partial charge in [-0.05, 0) is 18.4 Å². The predicted octanol–water partition coefficient (Wildman–Crippen LogP) is 1.38. The quantitative estimate of drug-likeness (QED) is 0.819. The molecule has 0 spiro atoms. The Kier molecular flexibility index (Phi) is 6.16. The van der Waals surface area contributed by atoms with E-state index in [-0.39, 0.29) is 12.3 Å². The molecular formula is C15H25N3O3S. The van der Waals surface area contributed by atoms with E-state index in [0.717, 1.165) is 24.5 Å². The number of aromatic nitrogens is 1. The second kappa shape index (κ2) is 7.89. The van der Waals surface area contributed by atoms with Crippen LogP contribution < -0.4 is 9.62 Å². The first-order valence-electron chi connectivity index (χ1n) is 7.72. The molecule has 2 heterocycles. The van der Waals surface area contributed by atoms with Crippen LogP contribution in [0.15, 0.2) is 18.3 Å². The van der Waals surface area contributed by atoms with E-state index in [1.54, 1.807) is 6.20 Å². The van der Waals surface area contributed by atoms with Crippen molar-refractivity contribution in [3.05, 3.63) is 23.9 Å². The molecule has 0 radical (unpaired) electrons. The Balaban J connectivity index is 2.00. The fraction of sp³-hybridized carbons (Fsp3) is 0.667. The molecule has 1 aliphatic rings. The summed E-state index contributed by atoms with van der Waals surface area (Å²) < 4.78 is 32.1. The number of hydrogen-bond acceptors (Lipinski definition) is 5. The van der Waals surface area contributed by atoms with Crippen LogP contribution in [-0.4, -0.2) is 45.5 Å². The zero-order valence-electron chi connectivity index (χ0n) is 13.3. The number of nitrogens with zero attached hydrogens (tertiary/aromatic N) is 2. The third-order valence-corrected chi connectivity index (χ3v) is 4.98. The van der Waals surface area contributed by atoms with Crippen molar-refractivity contribution in [3.63, 3.8) is 0 Å². The first-order valence-corrected chi connectivity index (χ1v) is 9.37. The predicted molar refractivity (Wildman–Crippen MR) is 87.4 cm³/mol. The molecule has 22 heavy (non-hydrogen) atoms. The summed E-state index contributed by atoms with van der Waals surface area (Å²) in [6.45, 7) is 7.24. The van der Waals surface area contributed by atoms with Gasteiger partial charge in [-0.3, -0.25) is 0 Å². The van der Waals surface area contributed by atoms with Gasteiger partial charge in [0.25, 0.3) is 0 Å². The standard InChI is InChI=1S/C15H25N3O3S/c1-13(2)5-11-22(19,20)17-12-14-4-3-6-16-15(14)18-7-9-21-10-8-18/h3-4,6,13,17H,5,7-12H2,1-2H3. The Hall–Kier alpha value is -1.18. The summed E-state index contributed by atoms with van der Waals surface area (Å²) in [5, 5.41) is 0. The topological polar surface area (TPSA) is 71.5 Å². The molecule has 6 nitrogen and oxygen atoms in total. The number of anilines is 1. The molecule has 0 aliphatic carbocycles. The summed E-state index contributed by atoms with van der Waals surface area (Å²) in [6, 6.07) is 3.75. The molecule has 1 aliphatic heterocycles. The van der Waals surface area contributed by atoms with Gasteiger partial charge in [0.1, 0.15) is 5.82 Å². The second-order valence-corrected chi connectivity index (χ2v) is 7.83. The number of pyridine rings is 1. The number of morpholine rings is 1. The Labute approximate surface area is 132 Å². The fourth-order valence-electron chi connectivity index (χ4n) is 2.28. The van der Waals surface area contributed by atoms with E-state index in [2.05, 4.69) is 14.6 Å². The van der Waals surface area contributed by atoms with Gasteiger partial charge in [-0.15, -0.1) is 0 Å². The molecule has 0 atom stereocenters. The molecule has 124 valence electrons. The Morgan fingerprint density at radius 2 is 2.09 bits per heavy atom. The van der Waals surface area contributed by atoms with Gasteiger partial charge in [-0.2, -0.15) is 0 Å². The largest absolute Gasteiger partial charge is 0.378 e. The molecule has 1 saturated heterocycles. The van der Waals surface area contributed by atoms with Crippen molar-refractivity contribution in [2.24, 2.45) is 5.92 Å². The van der Waals surface area contributed by atoms with Crippen LogP contribution in [0.2, 0.25) is 0 Å². The monoisotopic (exact) mass is 327 g/mol. The van der Waals surface area contributed by atoms with Gasteiger partial charge < -0.3 is 9.64 Å². The van der Waals surface area contributed by atoms with Crippen LogP contribution in [0.1, 0.15) is 25.8 Å². The lowest BCUT2D eigenvalue weighted by Gasteiger charge is -2.29. The van der Waals surface area contributed by atoms with E-state index in [1.165, 1.54) is 0 Å². The van der Waals surface area contributed by atoms with Crippen LogP contribution in [0, 0.1) is 5.92 Å². The van der Waals surface area contributed by atoms with Gasteiger partial charge in [0, 0.05) is 31.4 Å². The van der Waals surface area contributed by atoms with Crippen molar-refractivity contribution < 1.29 is 13.2 Å². The highest BCUT2D eigenvalue weighted by molar-refractivity contribution is 7.89. The molecule has 7 heteroatoms. The summed E-state index contributed by atoms with van der Waals surface area (Å²) in [6.07, 6.45) is 2.40. The lowest BCUT2D eigenvalue weighted by Crippen LogP contribution is -2.38. The number of ether oxygens (including phenoxy) is 1. The normalized spacial score (nSPS) is 16.2. The smallest absolute Gasteiger partial charge is 0.211 e. The summed E-state index contributed by atoms with van der Waals surface area (Å²) >= 11 is 0. The molecule has 1 aromatic heterocycles. The SMILES string of the molecule is CC(C)CCS(=O)(=O)NCc1cccnc1N1CCOCC1. The van der Waals surface area contributed by atoms with E-state index < -0.39 is 10.0 Å². The molecule has 1 fully saturated rings. The highest BCUT2D eigenvalue weighted by atomic mass is 32.2. The van der Waals surface area contributed by atoms with Gasteiger partial charge in [-0.1, -0.05) is 19.9 Å². The average molecular weight is 327 g/mol.